The molecule has 0 radical (unpaired) electrons. The van der Waals surface area contributed by atoms with Crippen LogP contribution in [0.1, 0.15) is 43.5 Å². The van der Waals surface area contributed by atoms with E-state index in [9.17, 15) is 9.59 Å². The maximum absolute atomic E-state index is 12.8. The second-order valence-electron chi connectivity index (χ2n) is 7.98. The Kier molecular flexibility index (Phi) is 7.28. The van der Waals surface area contributed by atoms with Crippen molar-refractivity contribution in [2.75, 3.05) is 25.0 Å². The summed E-state index contributed by atoms with van der Waals surface area (Å²) in [5.74, 6) is 1.38. The molecule has 0 spiro atoms. The number of carbonyl (C=O) groups is 2. The van der Waals surface area contributed by atoms with Crippen LogP contribution in [0.4, 0.5) is 5.69 Å². The first-order chi connectivity index (χ1) is 14.0. The molecule has 0 atom stereocenters. The van der Waals surface area contributed by atoms with Crippen LogP contribution in [-0.4, -0.2) is 36.4 Å². The molecular formula is C24H30N2O3. The van der Waals surface area contributed by atoms with Crippen molar-refractivity contribution in [3.8, 4) is 5.75 Å². The average Bonchev–Trinajstić information content (AvgIpc) is 2.74. The second kappa shape index (κ2) is 10.1. The number of rotatable bonds is 7. The summed E-state index contributed by atoms with van der Waals surface area (Å²) in [4.78, 5) is 27.1. The number of para-hydroxylation sites is 1. The summed E-state index contributed by atoms with van der Waals surface area (Å²) >= 11 is 0. The van der Waals surface area contributed by atoms with Gasteiger partial charge in [-0.3, -0.25) is 9.59 Å². The number of likely N-dealkylation sites (tertiary alicyclic amines) is 1. The number of anilines is 1. The van der Waals surface area contributed by atoms with Crippen molar-refractivity contribution in [2.45, 2.75) is 33.1 Å². The SMILES string of the molecule is CC(C)CCOc1ccc(C(=O)N2CCC(C(=O)Nc3ccccc3)CC2)cc1. The van der Waals surface area contributed by atoms with Gasteiger partial charge in [0.2, 0.25) is 5.91 Å². The Morgan fingerprint density at radius 3 is 2.31 bits per heavy atom. The number of hydrogen-bond acceptors (Lipinski definition) is 3. The normalized spacial score (nSPS) is 14.7. The Hall–Kier alpha value is -2.82. The number of benzene rings is 2. The third kappa shape index (κ3) is 6.08. The van der Waals surface area contributed by atoms with Crippen molar-refractivity contribution < 1.29 is 14.3 Å². The smallest absolute Gasteiger partial charge is 0.253 e. The van der Waals surface area contributed by atoms with Gasteiger partial charge in [-0.1, -0.05) is 32.0 Å². The van der Waals surface area contributed by atoms with Gasteiger partial charge in [-0.2, -0.15) is 0 Å². The van der Waals surface area contributed by atoms with Crippen LogP contribution in [0.5, 0.6) is 5.75 Å². The first-order valence-electron chi connectivity index (χ1n) is 10.4. The Morgan fingerprint density at radius 2 is 1.69 bits per heavy atom. The monoisotopic (exact) mass is 394 g/mol. The number of amides is 2. The summed E-state index contributed by atoms with van der Waals surface area (Å²) in [7, 11) is 0. The molecule has 1 N–H and O–H groups in total. The number of hydrogen-bond donors (Lipinski definition) is 1. The quantitative estimate of drug-likeness (QED) is 0.746. The van der Waals surface area contributed by atoms with Gasteiger partial charge in [0.25, 0.3) is 5.91 Å². The molecule has 0 unspecified atom stereocenters. The summed E-state index contributed by atoms with van der Waals surface area (Å²) < 4.78 is 5.72. The van der Waals surface area contributed by atoms with Crippen molar-refractivity contribution in [3.05, 3.63) is 60.2 Å². The van der Waals surface area contributed by atoms with E-state index < -0.39 is 0 Å². The van der Waals surface area contributed by atoms with Gasteiger partial charge in [0.1, 0.15) is 5.75 Å². The van der Waals surface area contributed by atoms with Crippen molar-refractivity contribution in [1.29, 1.82) is 0 Å². The van der Waals surface area contributed by atoms with Crippen LogP contribution >= 0.6 is 0 Å². The highest BCUT2D eigenvalue weighted by Crippen LogP contribution is 2.22. The fourth-order valence-corrected chi connectivity index (χ4v) is 3.40. The summed E-state index contributed by atoms with van der Waals surface area (Å²) in [6, 6.07) is 16.8. The van der Waals surface area contributed by atoms with Gasteiger partial charge in [0.05, 0.1) is 6.61 Å². The van der Waals surface area contributed by atoms with E-state index in [0.717, 1.165) is 17.9 Å². The lowest BCUT2D eigenvalue weighted by molar-refractivity contribution is -0.121. The highest BCUT2D eigenvalue weighted by Gasteiger charge is 2.27. The maximum Gasteiger partial charge on any atom is 0.253 e. The van der Waals surface area contributed by atoms with E-state index in [1.54, 1.807) is 0 Å². The number of ether oxygens (including phenoxy) is 1. The van der Waals surface area contributed by atoms with Gasteiger partial charge in [-0.15, -0.1) is 0 Å². The predicted octanol–water partition coefficient (Wildman–Crippen LogP) is 4.60. The van der Waals surface area contributed by atoms with E-state index >= 15 is 0 Å². The van der Waals surface area contributed by atoms with Crippen molar-refractivity contribution in [1.82, 2.24) is 4.90 Å². The van der Waals surface area contributed by atoms with E-state index in [1.807, 2.05) is 59.5 Å². The van der Waals surface area contributed by atoms with Crippen molar-refractivity contribution in [2.24, 2.45) is 11.8 Å². The van der Waals surface area contributed by atoms with E-state index in [2.05, 4.69) is 19.2 Å². The molecule has 0 aliphatic carbocycles. The standard InChI is InChI=1S/C24H30N2O3/c1-18(2)14-17-29-22-10-8-20(9-11-22)24(28)26-15-12-19(13-16-26)23(27)25-21-6-4-3-5-7-21/h3-11,18-19H,12-17H2,1-2H3,(H,25,27). The molecule has 5 nitrogen and oxygen atoms in total. The predicted molar refractivity (Wildman–Crippen MR) is 115 cm³/mol. The van der Waals surface area contributed by atoms with Crippen molar-refractivity contribution >= 4 is 17.5 Å². The molecular weight excluding hydrogens is 364 g/mol. The molecule has 3 rings (SSSR count). The van der Waals surface area contributed by atoms with Crippen LogP contribution in [-0.2, 0) is 4.79 Å². The topological polar surface area (TPSA) is 58.6 Å². The average molecular weight is 395 g/mol. The zero-order valence-electron chi connectivity index (χ0n) is 17.3. The van der Waals surface area contributed by atoms with Gasteiger partial charge in [0, 0.05) is 30.3 Å². The third-order valence-electron chi connectivity index (χ3n) is 5.26. The minimum absolute atomic E-state index is 0.0145. The Balaban J connectivity index is 1.47. The zero-order chi connectivity index (χ0) is 20.6. The Bertz CT molecular complexity index is 795. The second-order valence-corrected chi connectivity index (χ2v) is 7.98. The van der Waals surface area contributed by atoms with Crippen LogP contribution in [0.3, 0.4) is 0 Å². The molecule has 5 heteroatoms. The lowest BCUT2D eigenvalue weighted by Gasteiger charge is -2.31. The number of nitrogens with zero attached hydrogens (tertiary/aromatic N) is 1. The molecule has 0 bridgehead atoms. The van der Waals surface area contributed by atoms with E-state index in [1.165, 1.54) is 0 Å². The highest BCUT2D eigenvalue weighted by atomic mass is 16.5. The fraction of sp³-hybridized carbons (Fsp3) is 0.417. The molecule has 1 fully saturated rings. The summed E-state index contributed by atoms with van der Waals surface area (Å²) in [5.41, 5.74) is 1.47. The van der Waals surface area contributed by atoms with Crippen LogP contribution in [0.25, 0.3) is 0 Å². The molecule has 154 valence electrons. The number of nitrogens with one attached hydrogen (secondary N) is 1. The Morgan fingerprint density at radius 1 is 1.03 bits per heavy atom. The minimum Gasteiger partial charge on any atom is -0.494 e. The molecule has 1 aliphatic rings. The van der Waals surface area contributed by atoms with Crippen molar-refractivity contribution in [3.63, 3.8) is 0 Å². The van der Waals surface area contributed by atoms with Gasteiger partial charge >= 0.3 is 0 Å². The van der Waals surface area contributed by atoms with Gasteiger partial charge in [-0.25, -0.2) is 0 Å². The molecule has 0 aromatic heterocycles. The molecule has 2 aromatic carbocycles. The maximum atomic E-state index is 12.8. The third-order valence-corrected chi connectivity index (χ3v) is 5.26. The van der Waals surface area contributed by atoms with Gasteiger partial charge in [-0.05, 0) is 61.6 Å². The minimum atomic E-state index is -0.0593. The van der Waals surface area contributed by atoms with E-state index in [-0.39, 0.29) is 17.7 Å². The molecule has 1 aliphatic heterocycles. The zero-order valence-corrected chi connectivity index (χ0v) is 17.3. The summed E-state index contributed by atoms with van der Waals surface area (Å²) in [5, 5.41) is 2.96. The van der Waals surface area contributed by atoms with Crippen LogP contribution in [0.2, 0.25) is 0 Å². The summed E-state index contributed by atoms with van der Waals surface area (Å²) in [6.45, 7) is 6.21. The molecule has 2 amide bonds. The van der Waals surface area contributed by atoms with Crippen LogP contribution < -0.4 is 10.1 Å². The largest absolute Gasteiger partial charge is 0.494 e. The molecule has 1 saturated heterocycles. The van der Waals surface area contributed by atoms with Crippen LogP contribution in [0.15, 0.2) is 54.6 Å². The van der Waals surface area contributed by atoms with E-state index in [4.69, 9.17) is 4.74 Å². The molecule has 2 aromatic rings. The highest BCUT2D eigenvalue weighted by molar-refractivity contribution is 5.95. The number of piperidine rings is 1. The molecule has 29 heavy (non-hydrogen) atoms. The first-order valence-corrected chi connectivity index (χ1v) is 10.4. The molecule has 0 saturated carbocycles. The number of carbonyl (C=O) groups excluding carboxylic acids is 2. The first kappa shape index (κ1) is 20.9. The van der Waals surface area contributed by atoms with Gasteiger partial charge < -0.3 is 15.0 Å². The van der Waals surface area contributed by atoms with Crippen LogP contribution in [0, 0.1) is 11.8 Å². The van der Waals surface area contributed by atoms with Gasteiger partial charge in [0.15, 0.2) is 0 Å². The summed E-state index contributed by atoms with van der Waals surface area (Å²) in [6.07, 6.45) is 2.37. The van der Waals surface area contributed by atoms with E-state index in [0.29, 0.717) is 44.0 Å². The lowest BCUT2D eigenvalue weighted by atomic mass is 9.95. The fourth-order valence-electron chi connectivity index (χ4n) is 3.40. The molecule has 1 heterocycles. The lowest BCUT2D eigenvalue weighted by Crippen LogP contribution is -2.41. The Labute approximate surface area is 173 Å².